The average molecular weight is 333 g/mol. The monoisotopic (exact) mass is 333 g/mol. The molecule has 24 heavy (non-hydrogen) atoms. The smallest absolute Gasteiger partial charge is 0.335 e. The van der Waals surface area contributed by atoms with Crippen LogP contribution in [-0.4, -0.2) is 46.9 Å². The van der Waals surface area contributed by atoms with Crippen LogP contribution in [0.2, 0.25) is 0 Å². The number of hydrogen-bond donors (Lipinski definition) is 3. The second-order valence-corrected chi connectivity index (χ2v) is 5.97. The van der Waals surface area contributed by atoms with Crippen LogP contribution >= 0.6 is 0 Å². The Hall–Kier alpha value is -2.57. The van der Waals surface area contributed by atoms with Gasteiger partial charge in [-0.05, 0) is 49.9 Å². The Kier molecular flexibility index (Phi) is 6.17. The van der Waals surface area contributed by atoms with Gasteiger partial charge in [-0.1, -0.05) is 0 Å². The van der Waals surface area contributed by atoms with E-state index in [4.69, 9.17) is 10.8 Å². The van der Waals surface area contributed by atoms with Gasteiger partial charge in [0.25, 0.3) is 0 Å². The molecule has 0 unspecified atom stereocenters. The summed E-state index contributed by atoms with van der Waals surface area (Å²) in [7, 11) is 0. The van der Waals surface area contributed by atoms with Crippen LogP contribution in [0.5, 0.6) is 0 Å². The number of carbonyl (C=O) groups is 3. The number of nitrogen functional groups attached to an aromatic ring is 1. The number of benzene rings is 1. The minimum absolute atomic E-state index is 0.0142. The second kappa shape index (κ2) is 8.33. The van der Waals surface area contributed by atoms with Gasteiger partial charge >= 0.3 is 5.97 Å². The molecular formula is C17H23N3O4. The summed E-state index contributed by atoms with van der Waals surface area (Å²) in [5, 5.41) is 11.2. The molecular weight excluding hydrogens is 310 g/mol. The molecule has 1 atom stereocenters. The summed E-state index contributed by atoms with van der Waals surface area (Å²) >= 11 is 0. The summed E-state index contributed by atoms with van der Waals surface area (Å²) < 4.78 is 0. The van der Waals surface area contributed by atoms with E-state index in [2.05, 4.69) is 5.32 Å². The Morgan fingerprint density at radius 3 is 2.25 bits per heavy atom. The summed E-state index contributed by atoms with van der Waals surface area (Å²) in [6, 6.07) is 5.82. The molecule has 2 fully saturated rings. The third-order valence-electron chi connectivity index (χ3n) is 4.12. The van der Waals surface area contributed by atoms with Gasteiger partial charge in [0.05, 0.1) is 5.56 Å². The number of amides is 2. The molecule has 7 heteroatoms. The highest BCUT2D eigenvalue weighted by Gasteiger charge is 2.30. The molecule has 7 nitrogen and oxygen atoms in total. The first-order valence-electron chi connectivity index (χ1n) is 8.14. The summed E-state index contributed by atoms with van der Waals surface area (Å²) in [5.41, 5.74) is 6.17. The zero-order valence-electron chi connectivity index (χ0n) is 13.5. The van der Waals surface area contributed by atoms with Crippen molar-refractivity contribution in [1.82, 2.24) is 10.2 Å². The molecule has 2 aliphatic rings. The largest absolute Gasteiger partial charge is 0.478 e. The van der Waals surface area contributed by atoms with Gasteiger partial charge in [-0.15, -0.1) is 0 Å². The van der Waals surface area contributed by atoms with E-state index in [1.54, 1.807) is 12.1 Å². The molecule has 0 radical (unpaired) electrons. The minimum atomic E-state index is -0.931. The predicted molar refractivity (Wildman–Crippen MR) is 89.4 cm³/mol. The van der Waals surface area contributed by atoms with E-state index in [9.17, 15) is 14.4 Å². The van der Waals surface area contributed by atoms with Crippen LogP contribution in [0.4, 0.5) is 5.69 Å². The number of hydrogen-bond acceptors (Lipinski definition) is 4. The van der Waals surface area contributed by atoms with Crippen LogP contribution in [0.15, 0.2) is 24.3 Å². The van der Waals surface area contributed by atoms with E-state index in [1.807, 2.05) is 4.90 Å². The number of rotatable bonds is 2. The minimum Gasteiger partial charge on any atom is -0.478 e. The van der Waals surface area contributed by atoms with Crippen molar-refractivity contribution < 1.29 is 19.5 Å². The van der Waals surface area contributed by atoms with Crippen molar-refractivity contribution in [3.05, 3.63) is 29.8 Å². The molecule has 2 heterocycles. The summed E-state index contributed by atoms with van der Waals surface area (Å²) in [6.07, 6.45) is 4.61. The Bertz CT molecular complexity index is 594. The van der Waals surface area contributed by atoms with Gasteiger partial charge in [-0.25, -0.2) is 4.79 Å². The van der Waals surface area contributed by atoms with Crippen LogP contribution in [0.3, 0.4) is 0 Å². The van der Waals surface area contributed by atoms with Gasteiger partial charge in [0, 0.05) is 25.2 Å². The zero-order chi connectivity index (χ0) is 17.5. The molecule has 0 aliphatic carbocycles. The number of aromatic carboxylic acids is 1. The fraction of sp³-hybridized carbons (Fsp3) is 0.471. The van der Waals surface area contributed by atoms with E-state index in [1.165, 1.54) is 18.6 Å². The highest BCUT2D eigenvalue weighted by molar-refractivity contribution is 5.90. The Labute approximate surface area is 140 Å². The fourth-order valence-electron chi connectivity index (χ4n) is 2.76. The first-order valence-corrected chi connectivity index (χ1v) is 8.14. The van der Waals surface area contributed by atoms with Gasteiger partial charge in [0.1, 0.15) is 6.04 Å². The quantitative estimate of drug-likeness (QED) is 0.705. The molecule has 0 bridgehead atoms. The van der Waals surface area contributed by atoms with Gasteiger partial charge in [0.15, 0.2) is 0 Å². The predicted octanol–water partition coefficient (Wildman–Crippen LogP) is 1.24. The van der Waals surface area contributed by atoms with Gasteiger partial charge in [-0.2, -0.15) is 0 Å². The number of anilines is 1. The maximum Gasteiger partial charge on any atom is 0.335 e. The molecule has 2 saturated heterocycles. The molecule has 3 rings (SSSR count). The number of likely N-dealkylation sites (tertiary alicyclic amines) is 1. The number of nitrogens with zero attached hydrogens (tertiary/aromatic N) is 1. The third-order valence-corrected chi connectivity index (χ3v) is 4.12. The number of nitrogens with one attached hydrogen (secondary N) is 1. The summed E-state index contributed by atoms with van der Waals surface area (Å²) in [4.78, 5) is 35.0. The average Bonchev–Trinajstić information content (AvgIpc) is 3.02. The van der Waals surface area contributed by atoms with Crippen molar-refractivity contribution in [1.29, 1.82) is 0 Å². The number of piperidine rings is 1. The highest BCUT2D eigenvalue weighted by atomic mass is 16.4. The van der Waals surface area contributed by atoms with E-state index in [0.717, 1.165) is 25.9 Å². The summed E-state index contributed by atoms with van der Waals surface area (Å²) in [6.45, 7) is 1.73. The van der Waals surface area contributed by atoms with Crippen LogP contribution < -0.4 is 11.1 Å². The van der Waals surface area contributed by atoms with Crippen LogP contribution in [0.1, 0.15) is 42.5 Å². The zero-order valence-corrected chi connectivity index (χ0v) is 13.5. The molecule has 1 aromatic carbocycles. The fourth-order valence-corrected chi connectivity index (χ4v) is 2.76. The van der Waals surface area contributed by atoms with Crippen LogP contribution in [0, 0.1) is 0 Å². The molecule has 2 amide bonds. The molecule has 0 spiro atoms. The maximum absolute atomic E-state index is 11.9. The van der Waals surface area contributed by atoms with Crippen molar-refractivity contribution in [2.24, 2.45) is 0 Å². The van der Waals surface area contributed by atoms with E-state index in [0.29, 0.717) is 18.5 Å². The van der Waals surface area contributed by atoms with Crippen molar-refractivity contribution in [2.75, 3.05) is 18.8 Å². The first-order chi connectivity index (χ1) is 11.5. The van der Waals surface area contributed by atoms with Crippen molar-refractivity contribution in [2.45, 2.75) is 38.1 Å². The topological polar surface area (TPSA) is 113 Å². The van der Waals surface area contributed by atoms with Crippen molar-refractivity contribution in [3.63, 3.8) is 0 Å². The standard InChI is InChI=1S/C10H16N2O2.C7H7NO2/c13-9-5-4-8(11-9)10(14)12-6-2-1-3-7-12;8-6-3-1-5(2-4-6)7(9)10/h8H,1-7H2,(H,11,13);1-4H,8H2,(H,9,10)/t8-;/m1./s1. The second-order valence-electron chi connectivity index (χ2n) is 5.97. The van der Waals surface area contributed by atoms with E-state index in [-0.39, 0.29) is 23.4 Å². The molecule has 0 aromatic heterocycles. The number of carboxylic acid groups (broad SMARTS) is 1. The van der Waals surface area contributed by atoms with E-state index >= 15 is 0 Å². The lowest BCUT2D eigenvalue weighted by Crippen LogP contribution is -2.46. The molecule has 0 saturated carbocycles. The first kappa shape index (κ1) is 17.8. The molecule has 2 aliphatic heterocycles. The number of carboxylic acids is 1. The molecule has 1 aromatic rings. The van der Waals surface area contributed by atoms with Gasteiger partial charge in [-0.3, -0.25) is 9.59 Å². The van der Waals surface area contributed by atoms with E-state index < -0.39 is 5.97 Å². The maximum atomic E-state index is 11.9. The van der Waals surface area contributed by atoms with Gasteiger partial charge < -0.3 is 21.1 Å². The molecule has 4 N–H and O–H groups in total. The normalized spacial score (nSPS) is 19.9. The Morgan fingerprint density at radius 1 is 1.12 bits per heavy atom. The van der Waals surface area contributed by atoms with Crippen LogP contribution in [0.25, 0.3) is 0 Å². The lowest BCUT2D eigenvalue weighted by molar-refractivity contribution is -0.135. The highest BCUT2D eigenvalue weighted by Crippen LogP contribution is 2.14. The SMILES string of the molecule is Nc1ccc(C(=O)O)cc1.O=C1CC[C@H](C(=O)N2CCCCC2)N1. The molecule has 130 valence electrons. The lowest BCUT2D eigenvalue weighted by atomic mass is 10.1. The summed E-state index contributed by atoms with van der Waals surface area (Å²) in [5.74, 6) is -0.795. The van der Waals surface area contributed by atoms with Gasteiger partial charge in [0.2, 0.25) is 11.8 Å². The lowest BCUT2D eigenvalue weighted by Gasteiger charge is -2.28. The number of nitrogens with two attached hydrogens (primary N) is 1. The van der Waals surface area contributed by atoms with Crippen molar-refractivity contribution >= 4 is 23.5 Å². The van der Waals surface area contributed by atoms with Crippen LogP contribution in [-0.2, 0) is 9.59 Å². The Morgan fingerprint density at radius 2 is 1.75 bits per heavy atom. The van der Waals surface area contributed by atoms with Crippen molar-refractivity contribution in [3.8, 4) is 0 Å². The third kappa shape index (κ3) is 4.97. The number of carbonyl (C=O) groups excluding carboxylic acids is 2. The Balaban J connectivity index is 0.000000185.